The van der Waals surface area contributed by atoms with Crippen molar-refractivity contribution < 1.29 is 22.0 Å². The number of hydrogen-bond acceptors (Lipinski definition) is 4. The van der Waals surface area contributed by atoms with Gasteiger partial charge in [-0.1, -0.05) is 12.1 Å². The highest BCUT2D eigenvalue weighted by atomic mass is 32.2. The number of nitrogens with zero attached hydrogens (tertiary/aromatic N) is 2. The van der Waals surface area contributed by atoms with E-state index >= 15 is 0 Å². The summed E-state index contributed by atoms with van der Waals surface area (Å²) in [5.41, 5.74) is 0.800. The Balaban J connectivity index is 1.61. The van der Waals surface area contributed by atoms with Crippen LogP contribution in [0.1, 0.15) is 31.9 Å². The van der Waals surface area contributed by atoms with E-state index in [-0.39, 0.29) is 29.2 Å². The Morgan fingerprint density at radius 1 is 0.903 bits per heavy atom. The monoisotopic (exact) mass is 451 g/mol. The number of sulfonamides is 1. The van der Waals surface area contributed by atoms with Crippen molar-refractivity contribution in [2.24, 2.45) is 0 Å². The van der Waals surface area contributed by atoms with Crippen LogP contribution in [0.2, 0.25) is 0 Å². The van der Waals surface area contributed by atoms with Crippen LogP contribution in [0.4, 0.5) is 8.78 Å². The van der Waals surface area contributed by atoms with E-state index < -0.39 is 21.9 Å². The molecule has 0 bridgehead atoms. The van der Waals surface area contributed by atoms with Crippen LogP contribution in [0.3, 0.4) is 0 Å². The first-order chi connectivity index (χ1) is 14.7. The van der Waals surface area contributed by atoms with E-state index in [2.05, 4.69) is 5.32 Å². The first kappa shape index (κ1) is 23.3. The van der Waals surface area contributed by atoms with Gasteiger partial charge < -0.3 is 5.32 Å². The van der Waals surface area contributed by atoms with Gasteiger partial charge in [0.05, 0.1) is 17.0 Å². The molecule has 2 aromatic carbocycles. The summed E-state index contributed by atoms with van der Waals surface area (Å²) in [5.74, 6) is -0.997. The van der Waals surface area contributed by atoms with Crippen molar-refractivity contribution in [3.8, 4) is 0 Å². The van der Waals surface area contributed by atoms with Gasteiger partial charge in [0.1, 0.15) is 11.6 Å². The Labute approximate surface area is 181 Å². The van der Waals surface area contributed by atoms with Crippen LogP contribution in [0.5, 0.6) is 0 Å². The lowest BCUT2D eigenvalue weighted by Gasteiger charge is -2.28. The zero-order valence-electron chi connectivity index (χ0n) is 17.6. The second-order valence-electron chi connectivity index (χ2n) is 7.71. The zero-order chi connectivity index (χ0) is 22.6. The van der Waals surface area contributed by atoms with Gasteiger partial charge in [0.25, 0.3) is 0 Å². The summed E-state index contributed by atoms with van der Waals surface area (Å²) in [4.78, 5) is 14.8. The largest absolute Gasteiger partial charge is 0.348 e. The zero-order valence-corrected chi connectivity index (χ0v) is 18.4. The van der Waals surface area contributed by atoms with E-state index in [0.717, 1.165) is 17.7 Å². The molecule has 1 aliphatic rings. The minimum Gasteiger partial charge on any atom is -0.348 e. The van der Waals surface area contributed by atoms with E-state index in [1.807, 2.05) is 11.8 Å². The molecule has 168 valence electrons. The van der Waals surface area contributed by atoms with E-state index in [1.54, 1.807) is 19.1 Å². The number of halogens is 2. The molecule has 0 saturated carbocycles. The highest BCUT2D eigenvalue weighted by molar-refractivity contribution is 7.89. The first-order valence-electron chi connectivity index (χ1n) is 10.2. The number of hydrogen-bond donors (Lipinski definition) is 1. The van der Waals surface area contributed by atoms with Gasteiger partial charge in [-0.05, 0) is 62.2 Å². The van der Waals surface area contributed by atoms with Gasteiger partial charge >= 0.3 is 0 Å². The minimum atomic E-state index is -3.72. The summed E-state index contributed by atoms with van der Waals surface area (Å²) in [6.07, 6.45) is 0.575. The molecule has 0 radical (unpaired) electrons. The van der Waals surface area contributed by atoms with E-state index in [9.17, 15) is 22.0 Å². The maximum Gasteiger partial charge on any atom is 0.243 e. The summed E-state index contributed by atoms with van der Waals surface area (Å²) < 4.78 is 53.4. The average Bonchev–Trinajstić information content (AvgIpc) is 3.00. The maximum atomic E-state index is 13.1. The molecule has 1 N–H and O–H groups in total. The Bertz CT molecular complexity index is 998. The summed E-state index contributed by atoms with van der Waals surface area (Å²) >= 11 is 0. The smallest absolute Gasteiger partial charge is 0.243 e. The second-order valence-corrected chi connectivity index (χ2v) is 9.64. The predicted molar refractivity (Wildman–Crippen MR) is 114 cm³/mol. The van der Waals surface area contributed by atoms with Crippen molar-refractivity contribution in [1.29, 1.82) is 0 Å². The van der Waals surface area contributed by atoms with Crippen molar-refractivity contribution >= 4 is 15.9 Å². The van der Waals surface area contributed by atoms with Gasteiger partial charge in [-0.3, -0.25) is 9.69 Å². The standard InChI is InChI=1S/C22H27F2N3O3S/c1-16(18-4-6-19(23)7-5-18)25-22(28)17(2)26-12-3-13-27(15-14-26)31(29,30)21-10-8-20(24)9-11-21/h4-11,16-17H,3,12-15H2,1-2H3,(H,25,28)/t16-,17+/m0/s1. The Kier molecular flexibility index (Phi) is 7.40. The van der Waals surface area contributed by atoms with E-state index in [4.69, 9.17) is 0 Å². The Hall–Kier alpha value is -2.36. The van der Waals surface area contributed by atoms with Crippen LogP contribution in [-0.4, -0.2) is 55.8 Å². The van der Waals surface area contributed by atoms with Gasteiger partial charge in [-0.15, -0.1) is 0 Å². The molecule has 1 fully saturated rings. The third kappa shape index (κ3) is 5.66. The lowest BCUT2D eigenvalue weighted by Crippen LogP contribution is -2.47. The summed E-state index contributed by atoms with van der Waals surface area (Å²) in [6.45, 7) is 5.17. The number of carbonyl (C=O) groups excluding carboxylic acids is 1. The summed E-state index contributed by atoms with van der Waals surface area (Å²) in [7, 11) is -3.72. The molecule has 0 spiro atoms. The third-order valence-electron chi connectivity index (χ3n) is 5.60. The molecule has 3 rings (SSSR count). The van der Waals surface area contributed by atoms with E-state index in [1.165, 1.54) is 28.6 Å². The van der Waals surface area contributed by atoms with Crippen molar-refractivity contribution in [2.75, 3.05) is 26.2 Å². The van der Waals surface area contributed by atoms with Gasteiger partial charge in [0.2, 0.25) is 15.9 Å². The van der Waals surface area contributed by atoms with E-state index in [0.29, 0.717) is 26.1 Å². The van der Waals surface area contributed by atoms with Crippen molar-refractivity contribution in [3.05, 3.63) is 65.7 Å². The average molecular weight is 452 g/mol. The fourth-order valence-electron chi connectivity index (χ4n) is 3.63. The molecule has 31 heavy (non-hydrogen) atoms. The van der Waals surface area contributed by atoms with Crippen LogP contribution >= 0.6 is 0 Å². The number of amides is 1. The second kappa shape index (κ2) is 9.84. The minimum absolute atomic E-state index is 0.0567. The van der Waals surface area contributed by atoms with Crippen molar-refractivity contribution in [1.82, 2.24) is 14.5 Å². The molecule has 6 nitrogen and oxygen atoms in total. The van der Waals surface area contributed by atoms with Crippen LogP contribution in [0.25, 0.3) is 0 Å². The summed E-state index contributed by atoms with van der Waals surface area (Å²) in [5, 5.41) is 2.94. The fraction of sp³-hybridized carbons (Fsp3) is 0.409. The van der Waals surface area contributed by atoms with Gasteiger partial charge in [0.15, 0.2) is 0 Å². The highest BCUT2D eigenvalue weighted by Gasteiger charge is 2.30. The van der Waals surface area contributed by atoms with Crippen LogP contribution in [-0.2, 0) is 14.8 Å². The molecule has 0 aliphatic carbocycles. The third-order valence-corrected chi connectivity index (χ3v) is 7.51. The molecule has 1 amide bonds. The van der Waals surface area contributed by atoms with Gasteiger partial charge in [-0.25, -0.2) is 17.2 Å². The van der Waals surface area contributed by atoms with Crippen molar-refractivity contribution in [3.63, 3.8) is 0 Å². The molecule has 1 saturated heterocycles. The predicted octanol–water partition coefficient (Wildman–Crippen LogP) is 2.93. The molecule has 1 aliphatic heterocycles. The molecular weight excluding hydrogens is 424 g/mol. The topological polar surface area (TPSA) is 69.7 Å². The van der Waals surface area contributed by atoms with Gasteiger partial charge in [0, 0.05) is 26.2 Å². The number of nitrogens with one attached hydrogen (secondary N) is 1. The first-order valence-corrected chi connectivity index (χ1v) is 11.7. The number of rotatable bonds is 6. The molecular formula is C22H27F2N3O3S. The van der Waals surface area contributed by atoms with Crippen LogP contribution in [0, 0.1) is 11.6 Å². The molecule has 9 heteroatoms. The van der Waals surface area contributed by atoms with Crippen molar-refractivity contribution in [2.45, 2.75) is 37.2 Å². The molecule has 2 atom stereocenters. The molecule has 0 unspecified atom stereocenters. The quantitative estimate of drug-likeness (QED) is 0.733. The number of carbonyl (C=O) groups is 1. The maximum absolute atomic E-state index is 13.1. The number of benzene rings is 2. The Morgan fingerprint density at radius 3 is 2.10 bits per heavy atom. The molecule has 0 aromatic heterocycles. The lowest BCUT2D eigenvalue weighted by molar-refractivity contribution is -0.126. The molecule has 1 heterocycles. The SMILES string of the molecule is C[C@H](NC(=O)[C@@H](C)N1CCCN(S(=O)(=O)c2ccc(F)cc2)CC1)c1ccc(F)cc1. The summed E-state index contributed by atoms with van der Waals surface area (Å²) in [6, 6.07) is 10.0. The highest BCUT2D eigenvalue weighted by Crippen LogP contribution is 2.19. The Morgan fingerprint density at radius 2 is 1.48 bits per heavy atom. The van der Waals surface area contributed by atoms with Crippen LogP contribution < -0.4 is 5.32 Å². The lowest BCUT2D eigenvalue weighted by atomic mass is 10.1. The van der Waals surface area contributed by atoms with Gasteiger partial charge in [-0.2, -0.15) is 4.31 Å². The normalized spacial score (nSPS) is 18.2. The van der Waals surface area contributed by atoms with Crippen LogP contribution in [0.15, 0.2) is 53.4 Å². The molecule has 2 aromatic rings. The fourth-order valence-corrected chi connectivity index (χ4v) is 5.10.